The number of fused-ring (bicyclic) bond motifs is 3. The summed E-state index contributed by atoms with van der Waals surface area (Å²) in [6, 6.07) is 15.8. The Kier molecular flexibility index (Phi) is 4.56. The van der Waals surface area contributed by atoms with E-state index in [9.17, 15) is 30.0 Å². The first-order valence-corrected chi connectivity index (χ1v) is 9.89. The van der Waals surface area contributed by atoms with Gasteiger partial charge in [0.2, 0.25) is 5.75 Å². The summed E-state index contributed by atoms with van der Waals surface area (Å²) >= 11 is 0. The van der Waals surface area contributed by atoms with Gasteiger partial charge < -0.3 is 29.3 Å². The molecule has 0 saturated carbocycles. The Morgan fingerprint density at radius 1 is 0.788 bits per heavy atom. The molecule has 0 amide bonds. The number of carbonyl (C=O) groups is 1. The highest BCUT2D eigenvalue weighted by molar-refractivity contribution is 6.12. The first-order valence-electron chi connectivity index (χ1n) is 9.89. The monoisotopic (exact) mass is 444 g/mol. The Labute approximate surface area is 185 Å². The molecule has 164 valence electrons. The zero-order valence-electron chi connectivity index (χ0n) is 16.9. The van der Waals surface area contributed by atoms with Gasteiger partial charge >= 0.3 is 5.97 Å². The zero-order valence-corrected chi connectivity index (χ0v) is 16.9. The highest BCUT2D eigenvalue weighted by Gasteiger charge is 2.28. The van der Waals surface area contributed by atoms with Crippen molar-refractivity contribution < 1.29 is 34.1 Å². The Morgan fingerprint density at radius 3 is 2.15 bits per heavy atom. The Bertz CT molecular complexity index is 1590. The number of benzene rings is 3. The second-order valence-corrected chi connectivity index (χ2v) is 7.47. The molecule has 0 fully saturated rings. The Hall–Kier alpha value is -4.72. The fourth-order valence-electron chi connectivity index (χ4n) is 3.90. The molecule has 0 saturated heterocycles. The third-order valence-electron chi connectivity index (χ3n) is 5.37. The van der Waals surface area contributed by atoms with E-state index in [-0.39, 0.29) is 44.8 Å². The normalized spacial score (nSPS) is 11.3. The molecule has 0 spiro atoms. The van der Waals surface area contributed by atoms with E-state index in [1.807, 2.05) is 0 Å². The SMILES string of the molecule is O=C(O)Cc1c(-c2ccc(O)cc2)oc2c(O)c(O)c3c(=O)cc(-c4ccccc4)oc3c12. The summed E-state index contributed by atoms with van der Waals surface area (Å²) in [6.45, 7) is 0. The number of hydrogen-bond acceptors (Lipinski definition) is 7. The number of phenols is 3. The second kappa shape index (κ2) is 7.45. The van der Waals surface area contributed by atoms with E-state index in [0.717, 1.165) is 0 Å². The van der Waals surface area contributed by atoms with Crippen LogP contribution < -0.4 is 5.43 Å². The Balaban J connectivity index is 1.94. The molecule has 3 aromatic carbocycles. The molecular formula is C25H16O8. The number of phenolic OH excluding ortho intramolecular Hbond substituents is 3. The minimum atomic E-state index is -1.18. The van der Waals surface area contributed by atoms with Gasteiger partial charge in [0.05, 0.1) is 11.8 Å². The van der Waals surface area contributed by atoms with E-state index >= 15 is 0 Å². The fraction of sp³-hybridized carbons (Fsp3) is 0.0400. The van der Waals surface area contributed by atoms with E-state index in [1.165, 1.54) is 30.3 Å². The van der Waals surface area contributed by atoms with Crippen molar-refractivity contribution >= 4 is 27.9 Å². The maximum Gasteiger partial charge on any atom is 0.307 e. The summed E-state index contributed by atoms with van der Waals surface area (Å²) in [7, 11) is 0. The van der Waals surface area contributed by atoms with Gasteiger partial charge in [-0.15, -0.1) is 0 Å². The number of aromatic hydroxyl groups is 3. The average molecular weight is 444 g/mol. The third-order valence-corrected chi connectivity index (χ3v) is 5.37. The van der Waals surface area contributed by atoms with E-state index in [1.54, 1.807) is 30.3 Å². The van der Waals surface area contributed by atoms with Crippen molar-refractivity contribution in [2.45, 2.75) is 6.42 Å². The molecule has 0 bridgehead atoms. The summed E-state index contributed by atoms with van der Waals surface area (Å²) in [6.07, 6.45) is -0.512. The van der Waals surface area contributed by atoms with Gasteiger partial charge in [-0.2, -0.15) is 0 Å². The van der Waals surface area contributed by atoms with Crippen molar-refractivity contribution in [2.75, 3.05) is 0 Å². The molecule has 5 rings (SSSR count). The van der Waals surface area contributed by atoms with Crippen LogP contribution in [0.15, 0.2) is 74.3 Å². The third kappa shape index (κ3) is 3.25. The first kappa shape index (κ1) is 20.2. The van der Waals surface area contributed by atoms with Gasteiger partial charge in [-0.3, -0.25) is 9.59 Å². The molecule has 4 N–H and O–H groups in total. The van der Waals surface area contributed by atoms with Crippen LogP contribution in [0.3, 0.4) is 0 Å². The molecule has 0 atom stereocenters. The molecule has 0 aliphatic rings. The summed E-state index contributed by atoms with van der Waals surface area (Å²) < 4.78 is 11.8. The van der Waals surface area contributed by atoms with Crippen LogP contribution in [-0.2, 0) is 11.2 Å². The molecule has 33 heavy (non-hydrogen) atoms. The summed E-state index contributed by atoms with van der Waals surface area (Å²) in [5.41, 5.74) is 0.243. The quantitative estimate of drug-likeness (QED) is 0.294. The van der Waals surface area contributed by atoms with Gasteiger partial charge in [-0.05, 0) is 24.3 Å². The molecule has 5 aromatic rings. The molecular weight excluding hydrogens is 428 g/mol. The maximum absolute atomic E-state index is 12.9. The lowest BCUT2D eigenvalue weighted by atomic mass is 10.00. The zero-order chi connectivity index (χ0) is 23.3. The lowest BCUT2D eigenvalue weighted by Crippen LogP contribution is -2.03. The van der Waals surface area contributed by atoms with Gasteiger partial charge in [-0.25, -0.2) is 0 Å². The van der Waals surface area contributed by atoms with Crippen LogP contribution in [-0.4, -0.2) is 26.4 Å². The number of hydrogen-bond donors (Lipinski definition) is 4. The molecule has 2 aromatic heterocycles. The van der Waals surface area contributed by atoms with Crippen LogP contribution in [0.4, 0.5) is 0 Å². The van der Waals surface area contributed by atoms with Crippen LogP contribution in [0.2, 0.25) is 0 Å². The lowest BCUT2D eigenvalue weighted by Gasteiger charge is -2.08. The van der Waals surface area contributed by atoms with Gasteiger partial charge in [0.25, 0.3) is 0 Å². The van der Waals surface area contributed by atoms with Crippen molar-refractivity contribution in [2.24, 2.45) is 0 Å². The molecule has 0 radical (unpaired) electrons. The van der Waals surface area contributed by atoms with Crippen LogP contribution >= 0.6 is 0 Å². The summed E-state index contributed by atoms with van der Waals surface area (Å²) in [4.78, 5) is 24.6. The van der Waals surface area contributed by atoms with Crippen LogP contribution in [0, 0.1) is 0 Å². The minimum Gasteiger partial charge on any atom is -0.508 e. The van der Waals surface area contributed by atoms with Gasteiger partial charge in [0, 0.05) is 22.8 Å². The maximum atomic E-state index is 12.9. The van der Waals surface area contributed by atoms with Crippen LogP contribution in [0.25, 0.3) is 44.6 Å². The number of carboxylic acid groups (broad SMARTS) is 1. The average Bonchev–Trinajstić information content (AvgIpc) is 3.17. The lowest BCUT2D eigenvalue weighted by molar-refractivity contribution is -0.136. The predicted molar refractivity (Wildman–Crippen MR) is 119 cm³/mol. The number of rotatable bonds is 4. The first-order chi connectivity index (χ1) is 15.8. The molecule has 8 heteroatoms. The molecule has 8 nitrogen and oxygen atoms in total. The molecule has 0 aliphatic carbocycles. The summed E-state index contributed by atoms with van der Waals surface area (Å²) in [5.74, 6) is -2.30. The van der Waals surface area contributed by atoms with Gasteiger partial charge in [-0.1, -0.05) is 30.3 Å². The molecule has 2 heterocycles. The topological polar surface area (TPSA) is 141 Å². The highest BCUT2D eigenvalue weighted by Crippen LogP contribution is 2.47. The van der Waals surface area contributed by atoms with Crippen molar-refractivity contribution in [1.29, 1.82) is 0 Å². The van der Waals surface area contributed by atoms with Gasteiger partial charge in [0.15, 0.2) is 22.3 Å². The van der Waals surface area contributed by atoms with E-state index in [2.05, 4.69) is 0 Å². The van der Waals surface area contributed by atoms with E-state index in [0.29, 0.717) is 11.1 Å². The standard InChI is InChI=1S/C25H16O8/c26-14-8-6-13(7-9-14)23-15(10-18(28)29)19-24-20(21(30)22(31)25(19)33-23)16(27)11-17(32-24)12-4-2-1-3-5-12/h1-9,11,26,30-31H,10H2,(H,28,29). The van der Waals surface area contributed by atoms with Crippen LogP contribution in [0.5, 0.6) is 17.2 Å². The predicted octanol–water partition coefficient (Wildman–Crippen LogP) is 4.62. The highest BCUT2D eigenvalue weighted by atomic mass is 16.4. The largest absolute Gasteiger partial charge is 0.508 e. The second-order valence-electron chi connectivity index (χ2n) is 7.47. The Morgan fingerprint density at radius 2 is 1.48 bits per heavy atom. The van der Waals surface area contributed by atoms with Gasteiger partial charge in [0.1, 0.15) is 22.7 Å². The molecule has 0 aliphatic heterocycles. The minimum absolute atomic E-state index is 0.000846. The van der Waals surface area contributed by atoms with Crippen molar-refractivity contribution in [3.63, 3.8) is 0 Å². The fourth-order valence-corrected chi connectivity index (χ4v) is 3.90. The van der Waals surface area contributed by atoms with Crippen molar-refractivity contribution in [3.05, 3.63) is 76.5 Å². The number of aliphatic carboxylic acids is 1. The van der Waals surface area contributed by atoms with Crippen molar-refractivity contribution in [3.8, 4) is 39.9 Å². The van der Waals surface area contributed by atoms with E-state index < -0.39 is 29.3 Å². The number of carboxylic acids is 1. The smallest absolute Gasteiger partial charge is 0.307 e. The molecule has 0 unspecified atom stereocenters. The summed E-state index contributed by atoms with van der Waals surface area (Å²) in [5, 5.41) is 40.1. The van der Waals surface area contributed by atoms with E-state index in [4.69, 9.17) is 8.83 Å². The number of furan rings is 1. The van der Waals surface area contributed by atoms with Crippen molar-refractivity contribution in [1.82, 2.24) is 0 Å². The van der Waals surface area contributed by atoms with Crippen LogP contribution in [0.1, 0.15) is 5.56 Å².